The zero-order chi connectivity index (χ0) is 22.0. The predicted octanol–water partition coefficient (Wildman–Crippen LogP) is 8.51. The number of thiophene rings is 2. The number of esters is 1. The van der Waals surface area contributed by atoms with E-state index in [0.29, 0.717) is 26.4 Å². The Bertz CT molecular complexity index is 1190. The lowest BCUT2D eigenvalue weighted by Crippen LogP contribution is -2.01. The van der Waals surface area contributed by atoms with Crippen LogP contribution in [0.1, 0.15) is 26.3 Å². The van der Waals surface area contributed by atoms with Gasteiger partial charge in [0.2, 0.25) is 0 Å². The van der Waals surface area contributed by atoms with E-state index in [1.807, 2.05) is 12.1 Å². The number of fused-ring (bicyclic) bond motifs is 2. The van der Waals surface area contributed by atoms with E-state index in [-0.39, 0.29) is 5.97 Å². The molecule has 0 fully saturated rings. The maximum absolute atomic E-state index is 11.6. The first kappa shape index (κ1) is 23.5. The number of hydrogen-bond donors (Lipinski definition) is 1. The number of aromatic carboxylic acids is 1. The second-order valence-corrected chi connectivity index (χ2v) is 10.4. The molecule has 2 aromatic carbocycles. The van der Waals surface area contributed by atoms with Crippen molar-refractivity contribution in [2.24, 2.45) is 0 Å². The van der Waals surface area contributed by atoms with Crippen LogP contribution in [0.5, 0.6) is 0 Å². The van der Waals surface area contributed by atoms with Crippen molar-refractivity contribution in [3.63, 3.8) is 0 Å². The Morgan fingerprint density at radius 2 is 1.40 bits per heavy atom. The van der Waals surface area contributed by atoms with Crippen LogP contribution in [0.2, 0.25) is 10.0 Å². The molecule has 30 heavy (non-hydrogen) atoms. The maximum atomic E-state index is 11.6. The third-order valence-corrected chi connectivity index (χ3v) is 8.66. The van der Waals surface area contributed by atoms with Crippen molar-refractivity contribution in [3.8, 4) is 0 Å². The minimum absolute atomic E-state index is 0.299. The summed E-state index contributed by atoms with van der Waals surface area (Å²) in [7, 11) is 0. The van der Waals surface area contributed by atoms with E-state index in [1.54, 1.807) is 31.2 Å². The van der Waals surface area contributed by atoms with Crippen molar-refractivity contribution >= 4 is 110 Å². The molecule has 0 aliphatic rings. The molecule has 1 N–H and O–H groups in total. The number of carbonyl (C=O) groups is 2. The first-order valence-electron chi connectivity index (χ1n) is 8.38. The monoisotopic (exact) mass is 608 g/mol. The van der Waals surface area contributed by atoms with E-state index < -0.39 is 5.97 Å². The molecule has 0 amide bonds. The van der Waals surface area contributed by atoms with Gasteiger partial charge in [0, 0.05) is 29.8 Å². The lowest BCUT2D eigenvalue weighted by atomic mass is 10.2. The molecule has 0 saturated heterocycles. The van der Waals surface area contributed by atoms with Gasteiger partial charge in [-0.15, -0.1) is 22.7 Å². The fourth-order valence-corrected chi connectivity index (χ4v) is 6.15. The fourth-order valence-electron chi connectivity index (χ4n) is 2.52. The Kier molecular flexibility index (Phi) is 7.81. The Hall–Kier alpha value is -1.16. The van der Waals surface area contributed by atoms with Crippen LogP contribution in [-0.2, 0) is 4.74 Å². The molecular formula is C20H12Br2Cl2O4S2. The van der Waals surface area contributed by atoms with E-state index in [1.165, 1.54) is 22.7 Å². The highest BCUT2D eigenvalue weighted by molar-refractivity contribution is 9.11. The number of rotatable bonds is 3. The van der Waals surface area contributed by atoms with Gasteiger partial charge < -0.3 is 9.84 Å². The van der Waals surface area contributed by atoms with Crippen molar-refractivity contribution in [1.82, 2.24) is 0 Å². The number of carbonyl (C=O) groups excluding carboxylic acids is 1. The van der Waals surface area contributed by atoms with E-state index >= 15 is 0 Å². The molecule has 2 heterocycles. The number of ether oxygens (including phenoxy) is 1. The van der Waals surface area contributed by atoms with E-state index in [9.17, 15) is 9.59 Å². The van der Waals surface area contributed by atoms with Crippen LogP contribution in [0.25, 0.3) is 20.2 Å². The number of halogens is 4. The highest BCUT2D eigenvalue weighted by atomic mass is 79.9. The molecule has 4 rings (SSSR count). The first-order chi connectivity index (χ1) is 14.2. The van der Waals surface area contributed by atoms with Crippen LogP contribution in [0.15, 0.2) is 45.3 Å². The van der Waals surface area contributed by atoms with E-state index in [2.05, 4.69) is 31.9 Å². The quantitative estimate of drug-likeness (QED) is 0.236. The predicted molar refractivity (Wildman–Crippen MR) is 132 cm³/mol. The highest BCUT2D eigenvalue weighted by Gasteiger charge is 2.14. The minimum Gasteiger partial charge on any atom is -0.477 e. The van der Waals surface area contributed by atoms with Gasteiger partial charge in [-0.3, -0.25) is 0 Å². The van der Waals surface area contributed by atoms with E-state index in [4.69, 9.17) is 33.0 Å². The van der Waals surface area contributed by atoms with Gasteiger partial charge in [-0.25, -0.2) is 9.59 Å². The number of carboxylic acid groups (broad SMARTS) is 1. The summed E-state index contributed by atoms with van der Waals surface area (Å²) in [6.45, 7) is 2.16. The molecule has 0 aliphatic carbocycles. The molecule has 0 saturated carbocycles. The van der Waals surface area contributed by atoms with Crippen molar-refractivity contribution in [2.45, 2.75) is 6.92 Å². The van der Waals surface area contributed by atoms with Gasteiger partial charge in [0.1, 0.15) is 9.75 Å². The molecule has 0 bridgehead atoms. The number of benzene rings is 2. The van der Waals surface area contributed by atoms with Crippen LogP contribution in [-0.4, -0.2) is 23.7 Å². The number of carboxylic acids is 1. The van der Waals surface area contributed by atoms with E-state index in [0.717, 1.165) is 29.1 Å². The summed E-state index contributed by atoms with van der Waals surface area (Å²) in [6, 6.07) is 10.6. The lowest BCUT2D eigenvalue weighted by Gasteiger charge is -1.95. The second kappa shape index (κ2) is 9.97. The summed E-state index contributed by atoms with van der Waals surface area (Å²) in [4.78, 5) is 23.2. The van der Waals surface area contributed by atoms with Gasteiger partial charge in [0.05, 0.1) is 16.0 Å². The topological polar surface area (TPSA) is 63.6 Å². The van der Waals surface area contributed by atoms with Crippen LogP contribution < -0.4 is 0 Å². The largest absolute Gasteiger partial charge is 0.477 e. The summed E-state index contributed by atoms with van der Waals surface area (Å²) in [5.74, 6) is -1.22. The van der Waals surface area contributed by atoms with Crippen LogP contribution >= 0.6 is 77.7 Å². The Labute approximate surface area is 206 Å². The molecule has 2 aromatic heterocycles. The van der Waals surface area contributed by atoms with Crippen LogP contribution in [0.4, 0.5) is 0 Å². The third kappa shape index (κ3) is 5.00. The van der Waals surface area contributed by atoms with Crippen molar-refractivity contribution < 1.29 is 19.4 Å². The highest BCUT2D eigenvalue weighted by Crippen LogP contribution is 2.37. The average Bonchev–Trinajstić information content (AvgIpc) is 3.35. The summed E-state index contributed by atoms with van der Waals surface area (Å²) < 4.78 is 8.60. The second-order valence-electron chi connectivity index (χ2n) is 5.79. The summed E-state index contributed by atoms with van der Waals surface area (Å²) in [6.07, 6.45) is 0. The first-order valence-corrected chi connectivity index (χ1v) is 12.4. The molecule has 0 spiro atoms. The third-order valence-electron chi connectivity index (χ3n) is 3.85. The average molecular weight is 611 g/mol. The molecule has 4 aromatic rings. The van der Waals surface area contributed by atoms with Gasteiger partial charge in [0.15, 0.2) is 0 Å². The molecule has 4 nitrogen and oxygen atoms in total. The molecule has 0 unspecified atom stereocenters. The minimum atomic E-state index is -0.922. The molecule has 10 heteroatoms. The molecule has 0 aliphatic heterocycles. The van der Waals surface area contributed by atoms with Gasteiger partial charge in [-0.1, -0.05) is 23.2 Å². The Morgan fingerprint density at radius 1 is 0.933 bits per heavy atom. The van der Waals surface area contributed by atoms with Gasteiger partial charge in [-0.05, 0) is 75.2 Å². The lowest BCUT2D eigenvalue weighted by molar-refractivity contribution is 0.0531. The zero-order valence-corrected chi connectivity index (χ0v) is 21.5. The molecule has 156 valence electrons. The smallest absolute Gasteiger partial charge is 0.348 e. The molecular weight excluding hydrogens is 599 g/mol. The van der Waals surface area contributed by atoms with Crippen molar-refractivity contribution in [3.05, 3.63) is 65.1 Å². The van der Waals surface area contributed by atoms with Gasteiger partial charge in [-0.2, -0.15) is 0 Å². The van der Waals surface area contributed by atoms with Gasteiger partial charge in [0.25, 0.3) is 0 Å². The normalized spacial score (nSPS) is 10.7. The summed E-state index contributed by atoms with van der Waals surface area (Å²) in [5, 5.41) is 11.7. The molecule has 0 radical (unpaired) electrons. The van der Waals surface area contributed by atoms with Crippen LogP contribution in [0, 0.1) is 0 Å². The standard InChI is InChI=1S/C11H8BrClO2S.C9H4BrClO2S/c1-2-15-11(14)9-5-6-8(13)4-3-7(12)10(6)16-9;10-5-1-2-6(11)4-3-7(9(12)13)14-8(4)5/h3-5H,2H2,1H3;1-3H,(H,12,13). The summed E-state index contributed by atoms with van der Waals surface area (Å²) in [5.41, 5.74) is 0. The van der Waals surface area contributed by atoms with Gasteiger partial charge >= 0.3 is 11.9 Å². The zero-order valence-electron chi connectivity index (χ0n) is 15.2. The summed E-state index contributed by atoms with van der Waals surface area (Å²) >= 11 is 21.4. The molecule has 0 atom stereocenters. The fraction of sp³-hybridized carbons (Fsp3) is 0.100. The Morgan fingerprint density at radius 3 is 1.83 bits per heavy atom. The maximum Gasteiger partial charge on any atom is 0.348 e. The van der Waals surface area contributed by atoms with Crippen LogP contribution in [0.3, 0.4) is 0 Å². The van der Waals surface area contributed by atoms with Crippen molar-refractivity contribution in [2.75, 3.05) is 6.61 Å². The van der Waals surface area contributed by atoms with Crippen molar-refractivity contribution in [1.29, 1.82) is 0 Å². The Balaban J connectivity index is 0.000000172. The number of hydrogen-bond acceptors (Lipinski definition) is 5. The SMILES string of the molecule is CCOC(=O)c1cc2c(Cl)ccc(Br)c2s1.O=C(O)c1cc2c(Cl)ccc(Br)c2s1.